The van der Waals surface area contributed by atoms with Gasteiger partial charge in [0.15, 0.2) is 5.15 Å². The molecule has 0 spiro atoms. The fourth-order valence-corrected chi connectivity index (χ4v) is 4.48. The Labute approximate surface area is 168 Å². The Kier molecular flexibility index (Phi) is 4.03. The topological polar surface area (TPSA) is 89.0 Å². The minimum absolute atomic E-state index is 0.0470. The minimum Gasteiger partial charge on any atom is -0.419 e. The van der Waals surface area contributed by atoms with Gasteiger partial charge >= 0.3 is 0 Å². The van der Waals surface area contributed by atoms with Gasteiger partial charge < -0.3 is 15.4 Å². The molecule has 1 aromatic carbocycles. The number of pyridine rings is 1. The second-order valence-corrected chi connectivity index (χ2v) is 7.94. The monoisotopic (exact) mass is 411 g/mol. The highest BCUT2D eigenvalue weighted by molar-refractivity contribution is 7.21. The quantitative estimate of drug-likeness (QED) is 0.513. The first-order valence-corrected chi connectivity index (χ1v) is 9.84. The van der Waals surface area contributed by atoms with E-state index in [-0.39, 0.29) is 23.0 Å². The van der Waals surface area contributed by atoms with E-state index in [1.165, 1.54) is 23.7 Å². The third kappa shape index (κ3) is 2.90. The number of hydrogen-bond acceptors (Lipinski definition) is 7. The van der Waals surface area contributed by atoms with Gasteiger partial charge in [-0.05, 0) is 25.1 Å². The molecule has 0 unspecified atom stereocenters. The first kappa shape index (κ1) is 17.2. The Balaban J connectivity index is 1.62. The van der Waals surface area contributed by atoms with E-state index in [0.717, 1.165) is 26.7 Å². The summed E-state index contributed by atoms with van der Waals surface area (Å²) in [6.07, 6.45) is 2.91. The largest absolute Gasteiger partial charge is 0.419 e. The summed E-state index contributed by atoms with van der Waals surface area (Å²) < 4.78 is 6.71. The maximum Gasteiger partial charge on any atom is 0.263 e. The molecule has 140 valence electrons. The molecular weight excluding hydrogens is 398 g/mol. The number of hydrogen-bond donors (Lipinski definition) is 2. The van der Waals surface area contributed by atoms with Crippen LogP contribution in [0.15, 0.2) is 36.7 Å². The van der Waals surface area contributed by atoms with Gasteiger partial charge in [-0.2, -0.15) is 4.98 Å². The number of thiophene rings is 1. The molecule has 3 aromatic heterocycles. The number of carbonyl (C=O) groups excluding carboxylic acids is 1. The van der Waals surface area contributed by atoms with E-state index in [4.69, 9.17) is 16.3 Å². The lowest BCUT2D eigenvalue weighted by molar-refractivity contribution is 0.0949. The van der Waals surface area contributed by atoms with Crippen molar-refractivity contribution in [3.05, 3.63) is 46.7 Å². The van der Waals surface area contributed by atoms with Gasteiger partial charge in [0, 0.05) is 34.1 Å². The number of aromatic nitrogens is 3. The first-order valence-electron chi connectivity index (χ1n) is 8.65. The average Bonchev–Trinajstić information content (AvgIpc) is 2.99. The van der Waals surface area contributed by atoms with Gasteiger partial charge in [-0.1, -0.05) is 11.6 Å². The summed E-state index contributed by atoms with van der Waals surface area (Å²) >= 11 is 7.33. The molecule has 7 nitrogen and oxygen atoms in total. The lowest BCUT2D eigenvalue weighted by Crippen LogP contribution is -2.34. The number of amides is 1. The highest BCUT2D eigenvalue weighted by Crippen LogP contribution is 2.41. The Bertz CT molecular complexity index is 1240. The molecule has 9 heteroatoms. The zero-order valence-corrected chi connectivity index (χ0v) is 16.3. The standard InChI is InChI=1S/C19H14ClN5O2S/c1-9-6-22-17-16-10-2-5-14(27-15-8-21-7-13(20)25-15)24-11(10)3-4-12(16)28-18(17)19(26)23-9/h2-5,7-9,22H,6H2,1H3,(H,23,26)/t9-/m0/s1. The molecule has 0 radical (unpaired) electrons. The van der Waals surface area contributed by atoms with Crippen LogP contribution in [-0.2, 0) is 0 Å². The molecule has 0 bridgehead atoms. The molecule has 1 amide bonds. The fraction of sp³-hybridized carbons (Fsp3) is 0.158. The molecule has 28 heavy (non-hydrogen) atoms. The molecule has 1 aliphatic heterocycles. The Morgan fingerprint density at radius 3 is 2.93 bits per heavy atom. The smallest absolute Gasteiger partial charge is 0.263 e. The first-order chi connectivity index (χ1) is 13.6. The molecule has 1 atom stereocenters. The number of anilines is 1. The van der Waals surface area contributed by atoms with E-state index in [9.17, 15) is 4.79 Å². The van der Waals surface area contributed by atoms with Crippen molar-refractivity contribution in [2.45, 2.75) is 13.0 Å². The van der Waals surface area contributed by atoms with Crippen molar-refractivity contribution in [2.75, 3.05) is 11.9 Å². The minimum atomic E-state index is -0.0470. The normalized spacial score (nSPS) is 16.4. The highest BCUT2D eigenvalue weighted by Gasteiger charge is 2.24. The summed E-state index contributed by atoms with van der Waals surface area (Å²) in [5.74, 6) is 0.621. The number of benzene rings is 1. The van der Waals surface area contributed by atoms with Crippen molar-refractivity contribution in [1.82, 2.24) is 20.3 Å². The maximum atomic E-state index is 12.5. The van der Waals surface area contributed by atoms with Gasteiger partial charge in [0.05, 0.1) is 23.6 Å². The molecule has 4 heterocycles. The molecule has 5 rings (SSSR count). The number of carbonyl (C=O) groups is 1. The zero-order chi connectivity index (χ0) is 19.3. The van der Waals surface area contributed by atoms with Crippen LogP contribution in [0.4, 0.5) is 5.69 Å². The van der Waals surface area contributed by atoms with Crippen LogP contribution in [-0.4, -0.2) is 33.4 Å². The van der Waals surface area contributed by atoms with Gasteiger partial charge in [-0.3, -0.25) is 9.78 Å². The number of ether oxygens (including phenoxy) is 1. The third-order valence-electron chi connectivity index (χ3n) is 4.46. The van der Waals surface area contributed by atoms with Crippen LogP contribution < -0.4 is 15.4 Å². The molecular formula is C19H14ClN5O2S. The van der Waals surface area contributed by atoms with E-state index < -0.39 is 0 Å². The van der Waals surface area contributed by atoms with Gasteiger partial charge in [0.2, 0.25) is 11.8 Å². The number of fused-ring (bicyclic) bond motifs is 5. The van der Waals surface area contributed by atoms with E-state index in [1.807, 2.05) is 25.1 Å². The van der Waals surface area contributed by atoms with Crippen LogP contribution in [0.25, 0.3) is 21.0 Å². The molecule has 0 aliphatic carbocycles. The Hall–Kier alpha value is -2.97. The van der Waals surface area contributed by atoms with Crippen molar-refractivity contribution in [3.63, 3.8) is 0 Å². The molecule has 1 aliphatic rings. The summed E-state index contributed by atoms with van der Waals surface area (Å²) in [4.78, 5) is 25.8. The Morgan fingerprint density at radius 2 is 2.07 bits per heavy atom. The number of nitrogens with zero attached hydrogens (tertiary/aromatic N) is 3. The molecule has 0 saturated carbocycles. The van der Waals surface area contributed by atoms with Crippen LogP contribution in [0, 0.1) is 0 Å². The van der Waals surface area contributed by atoms with E-state index >= 15 is 0 Å². The summed E-state index contributed by atoms with van der Waals surface area (Å²) in [6.45, 7) is 2.65. The predicted molar refractivity (Wildman–Crippen MR) is 110 cm³/mol. The summed E-state index contributed by atoms with van der Waals surface area (Å²) in [6, 6.07) is 7.68. The van der Waals surface area contributed by atoms with Crippen molar-refractivity contribution in [3.8, 4) is 11.8 Å². The number of rotatable bonds is 2. The van der Waals surface area contributed by atoms with Crippen LogP contribution >= 0.6 is 22.9 Å². The second-order valence-electron chi connectivity index (χ2n) is 6.50. The fourth-order valence-electron chi connectivity index (χ4n) is 3.25. The van der Waals surface area contributed by atoms with Gasteiger partial charge in [0.25, 0.3) is 5.91 Å². The molecule has 2 N–H and O–H groups in total. The lowest BCUT2D eigenvalue weighted by Gasteiger charge is -2.10. The van der Waals surface area contributed by atoms with Crippen LogP contribution in [0.1, 0.15) is 16.6 Å². The van der Waals surface area contributed by atoms with Crippen LogP contribution in [0.2, 0.25) is 5.15 Å². The second kappa shape index (κ2) is 6.57. The van der Waals surface area contributed by atoms with E-state index in [1.54, 1.807) is 6.07 Å². The van der Waals surface area contributed by atoms with Crippen molar-refractivity contribution >= 4 is 55.5 Å². The summed E-state index contributed by atoms with van der Waals surface area (Å²) in [5.41, 5.74) is 1.63. The molecule has 4 aromatic rings. The van der Waals surface area contributed by atoms with E-state index in [2.05, 4.69) is 25.6 Å². The molecule has 0 saturated heterocycles. The van der Waals surface area contributed by atoms with Gasteiger partial charge in [-0.25, -0.2) is 4.98 Å². The predicted octanol–water partition coefficient (Wildman–Crippen LogP) is 4.23. The van der Waals surface area contributed by atoms with Crippen LogP contribution in [0.5, 0.6) is 11.8 Å². The average molecular weight is 412 g/mol. The highest BCUT2D eigenvalue weighted by atomic mass is 35.5. The van der Waals surface area contributed by atoms with Crippen LogP contribution in [0.3, 0.4) is 0 Å². The molecule has 0 fully saturated rings. The van der Waals surface area contributed by atoms with Gasteiger partial charge in [-0.15, -0.1) is 11.3 Å². The SMILES string of the molecule is C[C@H]1CNc2c(sc3ccc4nc(Oc5cncc(Cl)n5)ccc4c23)C(=O)N1. The third-order valence-corrected chi connectivity index (χ3v) is 5.79. The van der Waals surface area contributed by atoms with Crippen molar-refractivity contribution in [1.29, 1.82) is 0 Å². The zero-order valence-electron chi connectivity index (χ0n) is 14.7. The van der Waals surface area contributed by atoms with Crippen molar-refractivity contribution in [2.24, 2.45) is 0 Å². The van der Waals surface area contributed by atoms with Crippen molar-refractivity contribution < 1.29 is 9.53 Å². The maximum absolute atomic E-state index is 12.5. The number of halogens is 1. The summed E-state index contributed by atoms with van der Waals surface area (Å²) in [5, 5.41) is 8.62. The lowest BCUT2D eigenvalue weighted by atomic mass is 10.1. The summed E-state index contributed by atoms with van der Waals surface area (Å²) in [7, 11) is 0. The Morgan fingerprint density at radius 1 is 1.18 bits per heavy atom. The number of nitrogens with one attached hydrogen (secondary N) is 2. The van der Waals surface area contributed by atoms with Gasteiger partial charge in [0.1, 0.15) is 4.88 Å². The van der Waals surface area contributed by atoms with E-state index in [0.29, 0.717) is 17.3 Å².